The molecule has 108 valence electrons. The van der Waals surface area contributed by atoms with Crippen molar-refractivity contribution < 1.29 is 4.79 Å². The summed E-state index contributed by atoms with van der Waals surface area (Å²) in [4.78, 5) is 11.1. The number of Topliss-reactive ketones (excluding diaryl/α,β-unsaturated/α-hetero) is 1. The second kappa shape index (κ2) is 7.03. The largest absolute Gasteiger partial charge is 0.294 e. The van der Waals surface area contributed by atoms with Crippen molar-refractivity contribution in [1.29, 1.82) is 0 Å². The zero-order valence-electron chi connectivity index (χ0n) is 12.7. The van der Waals surface area contributed by atoms with Crippen LogP contribution in [0.4, 0.5) is 0 Å². The van der Waals surface area contributed by atoms with Crippen LogP contribution in [0.3, 0.4) is 0 Å². The van der Waals surface area contributed by atoms with Crippen LogP contribution in [0, 0.1) is 11.8 Å². The zero-order valence-corrected chi connectivity index (χ0v) is 13.5. The van der Waals surface area contributed by atoms with E-state index >= 15 is 0 Å². The topological polar surface area (TPSA) is 17.1 Å². The molecule has 0 bridgehead atoms. The molecule has 2 aromatic rings. The van der Waals surface area contributed by atoms with Crippen molar-refractivity contribution >= 4 is 27.2 Å². The number of ketones is 1. The van der Waals surface area contributed by atoms with Gasteiger partial charge >= 0.3 is 0 Å². The third kappa shape index (κ3) is 3.92. The quantitative estimate of drug-likeness (QED) is 0.594. The van der Waals surface area contributed by atoms with Crippen molar-refractivity contribution in [3.63, 3.8) is 0 Å². The molecule has 1 saturated carbocycles. The van der Waals surface area contributed by atoms with E-state index in [0.717, 1.165) is 22.8 Å². The van der Waals surface area contributed by atoms with Crippen molar-refractivity contribution in [2.45, 2.75) is 46.5 Å². The van der Waals surface area contributed by atoms with Crippen LogP contribution in [0.2, 0.25) is 0 Å². The maximum atomic E-state index is 11.1. The summed E-state index contributed by atoms with van der Waals surface area (Å²) in [7, 11) is 0. The monoisotopic (exact) mass is 288 g/mol. The summed E-state index contributed by atoms with van der Waals surface area (Å²) in [5.74, 6) is 2.19. The first-order chi connectivity index (χ1) is 9.58. The summed E-state index contributed by atoms with van der Waals surface area (Å²) < 4.78 is 1.18. The van der Waals surface area contributed by atoms with Crippen LogP contribution in [-0.4, -0.2) is 5.78 Å². The molecule has 1 aromatic heterocycles. The molecule has 0 atom stereocenters. The van der Waals surface area contributed by atoms with Crippen molar-refractivity contribution in [1.82, 2.24) is 0 Å². The first kappa shape index (κ1) is 15.2. The molecule has 1 aromatic carbocycles. The predicted octanol–water partition coefficient (Wildman–Crippen LogP) is 5.94. The molecule has 0 N–H and O–H groups in total. The van der Waals surface area contributed by atoms with E-state index in [1.165, 1.54) is 30.4 Å². The van der Waals surface area contributed by atoms with Gasteiger partial charge in [0.15, 0.2) is 5.78 Å². The van der Waals surface area contributed by atoms with Crippen molar-refractivity contribution in [2.24, 2.45) is 11.8 Å². The van der Waals surface area contributed by atoms with Crippen LogP contribution in [0.5, 0.6) is 0 Å². The molecule has 1 aliphatic carbocycles. The Hall–Kier alpha value is -1.15. The van der Waals surface area contributed by atoms with Crippen LogP contribution in [0.15, 0.2) is 29.6 Å². The van der Waals surface area contributed by atoms with E-state index in [-0.39, 0.29) is 5.78 Å². The highest BCUT2D eigenvalue weighted by molar-refractivity contribution is 7.17. The summed E-state index contributed by atoms with van der Waals surface area (Å²) in [6, 6.07) is 7.97. The van der Waals surface area contributed by atoms with E-state index in [4.69, 9.17) is 0 Å². The van der Waals surface area contributed by atoms with Crippen molar-refractivity contribution in [3.8, 4) is 0 Å². The predicted molar refractivity (Wildman–Crippen MR) is 88.6 cm³/mol. The fourth-order valence-electron chi connectivity index (χ4n) is 2.68. The molecular formula is C18H24OS. The van der Waals surface area contributed by atoms with Crippen LogP contribution < -0.4 is 0 Å². The lowest BCUT2D eigenvalue weighted by atomic mass is 9.84. The van der Waals surface area contributed by atoms with Gasteiger partial charge in [0.05, 0.1) is 0 Å². The Labute approximate surface area is 126 Å². The summed E-state index contributed by atoms with van der Waals surface area (Å²) >= 11 is 1.62. The number of fused-ring (bicyclic) bond motifs is 1. The lowest BCUT2D eigenvalue weighted by Crippen LogP contribution is -2.08. The van der Waals surface area contributed by atoms with Gasteiger partial charge in [-0.2, -0.15) is 0 Å². The smallest absolute Gasteiger partial charge is 0.161 e. The highest BCUT2D eigenvalue weighted by Crippen LogP contribution is 2.27. The van der Waals surface area contributed by atoms with Gasteiger partial charge in [0.1, 0.15) is 0 Å². The Balaban J connectivity index is 0.000000160. The summed E-state index contributed by atoms with van der Waals surface area (Å²) in [6.07, 6.45) is 5.89. The average molecular weight is 288 g/mol. The summed E-state index contributed by atoms with van der Waals surface area (Å²) in [6.45, 7) is 6.34. The minimum absolute atomic E-state index is 0.146. The van der Waals surface area contributed by atoms with E-state index in [1.54, 1.807) is 18.3 Å². The number of thiophene rings is 1. The maximum Gasteiger partial charge on any atom is 0.161 e. The van der Waals surface area contributed by atoms with Crippen LogP contribution in [0.25, 0.3) is 10.1 Å². The molecular weight excluding hydrogens is 264 g/mol. The molecule has 20 heavy (non-hydrogen) atoms. The Morgan fingerprint density at radius 1 is 1.05 bits per heavy atom. The lowest BCUT2D eigenvalue weighted by Gasteiger charge is -2.22. The Morgan fingerprint density at radius 3 is 2.15 bits per heavy atom. The van der Waals surface area contributed by atoms with Crippen LogP contribution in [0.1, 0.15) is 56.8 Å². The molecule has 0 saturated heterocycles. The Bertz CT molecular complexity index is 552. The van der Waals surface area contributed by atoms with Crippen LogP contribution >= 0.6 is 11.3 Å². The molecule has 1 aliphatic rings. The highest BCUT2D eigenvalue weighted by Gasteiger charge is 2.13. The van der Waals surface area contributed by atoms with Gasteiger partial charge < -0.3 is 0 Å². The zero-order chi connectivity index (χ0) is 14.5. The Kier molecular flexibility index (Phi) is 5.36. The SMILES string of the molecule is CC(=O)c1csc2ccccc12.CC1CCC(C)CC1. The van der Waals surface area contributed by atoms with Gasteiger partial charge in [-0.15, -0.1) is 11.3 Å². The normalized spacial score (nSPS) is 22.1. The Morgan fingerprint density at radius 2 is 1.60 bits per heavy atom. The molecule has 2 heteroatoms. The standard InChI is InChI=1S/C10H8OS.C8H16/c1-7(11)9-6-12-10-5-3-2-4-8(9)10;1-7-3-5-8(2)6-4-7/h2-6H,1H3;7-8H,3-6H2,1-2H3. The number of carbonyl (C=O) groups excluding carboxylic acids is 1. The molecule has 0 spiro atoms. The highest BCUT2D eigenvalue weighted by atomic mass is 32.1. The lowest BCUT2D eigenvalue weighted by molar-refractivity contribution is 0.101. The molecule has 0 radical (unpaired) electrons. The van der Waals surface area contributed by atoms with Gasteiger partial charge in [-0.05, 0) is 24.8 Å². The van der Waals surface area contributed by atoms with E-state index in [1.807, 2.05) is 29.6 Å². The van der Waals surface area contributed by atoms with Gasteiger partial charge in [0, 0.05) is 21.0 Å². The van der Waals surface area contributed by atoms with Gasteiger partial charge in [-0.25, -0.2) is 0 Å². The molecule has 0 amide bonds. The fraction of sp³-hybridized carbons (Fsp3) is 0.500. The number of carbonyl (C=O) groups is 1. The maximum absolute atomic E-state index is 11.1. The molecule has 1 heterocycles. The van der Waals surface area contributed by atoms with E-state index in [2.05, 4.69) is 13.8 Å². The van der Waals surface area contributed by atoms with E-state index < -0.39 is 0 Å². The van der Waals surface area contributed by atoms with Gasteiger partial charge in [0.25, 0.3) is 0 Å². The minimum atomic E-state index is 0.146. The molecule has 1 nitrogen and oxygen atoms in total. The van der Waals surface area contributed by atoms with Crippen molar-refractivity contribution in [2.75, 3.05) is 0 Å². The van der Waals surface area contributed by atoms with Gasteiger partial charge in [0.2, 0.25) is 0 Å². The molecule has 1 fully saturated rings. The van der Waals surface area contributed by atoms with Crippen molar-refractivity contribution in [3.05, 3.63) is 35.2 Å². The second-order valence-corrected chi connectivity index (χ2v) is 6.98. The summed E-state index contributed by atoms with van der Waals surface area (Å²) in [5, 5.41) is 3.00. The van der Waals surface area contributed by atoms with Gasteiger partial charge in [-0.1, -0.05) is 57.7 Å². The number of hydrogen-bond acceptors (Lipinski definition) is 2. The molecule has 0 unspecified atom stereocenters. The first-order valence-electron chi connectivity index (χ1n) is 7.55. The van der Waals surface area contributed by atoms with Gasteiger partial charge in [-0.3, -0.25) is 4.79 Å². The summed E-state index contributed by atoms with van der Waals surface area (Å²) in [5.41, 5.74) is 0.843. The number of rotatable bonds is 1. The van der Waals surface area contributed by atoms with E-state index in [0.29, 0.717) is 0 Å². The number of benzene rings is 1. The first-order valence-corrected chi connectivity index (χ1v) is 8.43. The second-order valence-electron chi connectivity index (χ2n) is 6.07. The van der Waals surface area contributed by atoms with E-state index in [9.17, 15) is 4.79 Å². The average Bonchev–Trinajstić information content (AvgIpc) is 2.87. The fourth-order valence-corrected chi connectivity index (χ4v) is 3.68. The third-order valence-electron chi connectivity index (χ3n) is 4.16. The third-order valence-corrected chi connectivity index (χ3v) is 5.13. The number of hydrogen-bond donors (Lipinski definition) is 0. The van der Waals surface area contributed by atoms with Crippen LogP contribution in [-0.2, 0) is 0 Å². The molecule has 0 aliphatic heterocycles. The minimum Gasteiger partial charge on any atom is -0.294 e. The molecule has 3 rings (SSSR count).